The largest absolute Gasteiger partial charge is 0.391 e. The van der Waals surface area contributed by atoms with E-state index < -0.39 is 0 Å². The molecule has 0 aromatic heterocycles. The molecule has 2 atom stereocenters. The molecule has 2 rings (SSSR count). The van der Waals surface area contributed by atoms with Gasteiger partial charge in [0.15, 0.2) is 0 Å². The van der Waals surface area contributed by atoms with Crippen LogP contribution in [-0.4, -0.2) is 59.1 Å². The Hall–Kier alpha value is -0.610. The average molecular weight is 226 g/mol. The van der Waals surface area contributed by atoms with Gasteiger partial charge in [0.25, 0.3) is 0 Å². The van der Waals surface area contributed by atoms with Crippen molar-refractivity contribution < 1.29 is 9.90 Å². The van der Waals surface area contributed by atoms with Gasteiger partial charge in [-0.1, -0.05) is 12.8 Å². The van der Waals surface area contributed by atoms with Crippen LogP contribution in [0.5, 0.6) is 0 Å². The summed E-state index contributed by atoms with van der Waals surface area (Å²) in [5, 5.41) is 9.97. The third-order valence-corrected chi connectivity index (χ3v) is 3.92. The van der Waals surface area contributed by atoms with E-state index in [1.54, 1.807) is 6.92 Å². The molecule has 92 valence electrons. The fraction of sp³-hybridized carbons (Fsp3) is 0.917. The molecule has 1 saturated heterocycles. The number of carbonyl (C=O) groups is 1. The number of nitrogens with zero attached hydrogens (tertiary/aromatic N) is 2. The molecule has 1 amide bonds. The molecule has 1 aliphatic heterocycles. The van der Waals surface area contributed by atoms with Crippen LogP contribution in [0.15, 0.2) is 0 Å². The van der Waals surface area contributed by atoms with Crippen LogP contribution >= 0.6 is 0 Å². The van der Waals surface area contributed by atoms with Crippen LogP contribution < -0.4 is 0 Å². The number of carbonyl (C=O) groups excluding carboxylic acids is 1. The summed E-state index contributed by atoms with van der Waals surface area (Å²) in [6.07, 6.45) is 4.29. The molecule has 0 spiro atoms. The van der Waals surface area contributed by atoms with Crippen LogP contribution in [0.25, 0.3) is 0 Å². The van der Waals surface area contributed by atoms with Crippen molar-refractivity contribution in [2.75, 3.05) is 26.2 Å². The maximum absolute atomic E-state index is 11.2. The maximum atomic E-state index is 11.2. The van der Waals surface area contributed by atoms with Gasteiger partial charge in [0.2, 0.25) is 5.91 Å². The van der Waals surface area contributed by atoms with Gasteiger partial charge in [-0.15, -0.1) is 0 Å². The van der Waals surface area contributed by atoms with E-state index in [0.29, 0.717) is 6.04 Å². The first-order valence-electron chi connectivity index (χ1n) is 6.36. The second kappa shape index (κ2) is 5.15. The summed E-state index contributed by atoms with van der Waals surface area (Å²) in [5.74, 6) is 0.170. The highest BCUT2D eigenvalue weighted by molar-refractivity contribution is 5.73. The molecule has 0 aromatic rings. The van der Waals surface area contributed by atoms with E-state index in [4.69, 9.17) is 0 Å². The Kier molecular flexibility index (Phi) is 3.82. The van der Waals surface area contributed by atoms with E-state index in [9.17, 15) is 9.90 Å². The molecule has 0 radical (unpaired) electrons. The molecule has 1 aliphatic carbocycles. The van der Waals surface area contributed by atoms with Gasteiger partial charge in [0.05, 0.1) is 6.10 Å². The lowest BCUT2D eigenvalue weighted by Crippen LogP contribution is -2.55. The average Bonchev–Trinajstić information content (AvgIpc) is 2.30. The standard InChI is InChI=1S/C12H22N2O2/c1-10(15)13-6-8-14(9-7-13)11-4-2-3-5-12(11)16/h11-12,16H,2-9H2,1H3/t11-,12-/m0/s1. The Morgan fingerprint density at radius 3 is 2.31 bits per heavy atom. The van der Waals surface area contributed by atoms with E-state index in [1.165, 1.54) is 6.42 Å². The van der Waals surface area contributed by atoms with E-state index in [1.807, 2.05) is 4.90 Å². The summed E-state index contributed by atoms with van der Waals surface area (Å²) >= 11 is 0. The molecule has 1 heterocycles. The number of rotatable bonds is 1. The minimum Gasteiger partial charge on any atom is -0.391 e. The smallest absolute Gasteiger partial charge is 0.219 e. The highest BCUT2D eigenvalue weighted by Gasteiger charge is 2.31. The number of piperazine rings is 1. The minimum atomic E-state index is -0.155. The highest BCUT2D eigenvalue weighted by Crippen LogP contribution is 2.24. The van der Waals surface area contributed by atoms with Crippen molar-refractivity contribution in [1.29, 1.82) is 0 Å². The molecule has 1 N–H and O–H groups in total. The lowest BCUT2D eigenvalue weighted by molar-refractivity contribution is -0.131. The third-order valence-electron chi connectivity index (χ3n) is 3.92. The lowest BCUT2D eigenvalue weighted by atomic mass is 9.91. The monoisotopic (exact) mass is 226 g/mol. The Labute approximate surface area is 97.2 Å². The van der Waals surface area contributed by atoms with E-state index >= 15 is 0 Å². The summed E-state index contributed by atoms with van der Waals surface area (Å²) in [7, 11) is 0. The zero-order chi connectivity index (χ0) is 11.5. The number of amides is 1. The topological polar surface area (TPSA) is 43.8 Å². The predicted octanol–water partition coefficient (Wildman–Crippen LogP) is 0.454. The van der Waals surface area contributed by atoms with Crippen molar-refractivity contribution in [3.05, 3.63) is 0 Å². The van der Waals surface area contributed by atoms with Crippen LogP contribution in [-0.2, 0) is 4.79 Å². The first kappa shape index (κ1) is 11.9. The zero-order valence-electron chi connectivity index (χ0n) is 10.1. The first-order chi connectivity index (χ1) is 7.68. The molecule has 0 bridgehead atoms. The van der Waals surface area contributed by atoms with Gasteiger partial charge in [-0.2, -0.15) is 0 Å². The van der Waals surface area contributed by atoms with Gasteiger partial charge < -0.3 is 10.0 Å². The summed E-state index contributed by atoms with van der Waals surface area (Å²) < 4.78 is 0. The van der Waals surface area contributed by atoms with Crippen molar-refractivity contribution in [2.45, 2.75) is 44.8 Å². The Morgan fingerprint density at radius 1 is 1.12 bits per heavy atom. The van der Waals surface area contributed by atoms with Crippen molar-refractivity contribution in [2.24, 2.45) is 0 Å². The van der Waals surface area contributed by atoms with Crippen molar-refractivity contribution in [3.63, 3.8) is 0 Å². The predicted molar refractivity (Wildman–Crippen MR) is 62.1 cm³/mol. The second-order valence-corrected chi connectivity index (χ2v) is 4.96. The van der Waals surface area contributed by atoms with Gasteiger partial charge in [0.1, 0.15) is 0 Å². The Morgan fingerprint density at radius 2 is 1.75 bits per heavy atom. The normalized spacial score (nSPS) is 32.8. The zero-order valence-corrected chi connectivity index (χ0v) is 10.1. The van der Waals surface area contributed by atoms with Gasteiger partial charge in [0, 0.05) is 39.1 Å². The maximum Gasteiger partial charge on any atom is 0.219 e. The second-order valence-electron chi connectivity index (χ2n) is 4.96. The lowest BCUT2D eigenvalue weighted by Gasteiger charge is -2.42. The molecule has 16 heavy (non-hydrogen) atoms. The van der Waals surface area contributed by atoms with E-state index in [-0.39, 0.29) is 12.0 Å². The SMILES string of the molecule is CC(=O)N1CCN([C@H]2CCCC[C@@H]2O)CC1. The fourth-order valence-corrected chi connectivity index (χ4v) is 2.89. The molecule has 4 nitrogen and oxygen atoms in total. The van der Waals surface area contributed by atoms with Crippen molar-refractivity contribution in [1.82, 2.24) is 9.80 Å². The molecule has 2 aliphatic rings. The number of hydrogen-bond acceptors (Lipinski definition) is 3. The molecule has 2 fully saturated rings. The molecule has 0 unspecified atom stereocenters. The fourth-order valence-electron chi connectivity index (χ4n) is 2.89. The summed E-state index contributed by atoms with van der Waals surface area (Å²) in [4.78, 5) is 15.5. The first-order valence-corrected chi connectivity index (χ1v) is 6.36. The van der Waals surface area contributed by atoms with Crippen LogP contribution in [0, 0.1) is 0 Å². The summed E-state index contributed by atoms with van der Waals surface area (Å²) in [6, 6.07) is 0.336. The molecule has 0 aromatic carbocycles. The van der Waals surface area contributed by atoms with Crippen LogP contribution in [0.3, 0.4) is 0 Å². The highest BCUT2D eigenvalue weighted by atomic mass is 16.3. The molecule has 4 heteroatoms. The summed E-state index contributed by atoms with van der Waals surface area (Å²) in [6.45, 7) is 5.10. The number of hydrogen-bond donors (Lipinski definition) is 1. The van der Waals surface area contributed by atoms with Crippen molar-refractivity contribution >= 4 is 5.91 Å². The van der Waals surface area contributed by atoms with E-state index in [0.717, 1.165) is 45.4 Å². The van der Waals surface area contributed by atoms with Crippen LogP contribution in [0.1, 0.15) is 32.6 Å². The number of aliphatic hydroxyl groups excluding tert-OH is 1. The molecular weight excluding hydrogens is 204 g/mol. The van der Waals surface area contributed by atoms with Crippen LogP contribution in [0.2, 0.25) is 0 Å². The van der Waals surface area contributed by atoms with Crippen molar-refractivity contribution in [3.8, 4) is 0 Å². The third kappa shape index (κ3) is 2.55. The molecular formula is C12H22N2O2. The minimum absolute atomic E-state index is 0.155. The molecule has 1 saturated carbocycles. The van der Waals surface area contributed by atoms with Gasteiger partial charge >= 0.3 is 0 Å². The quantitative estimate of drug-likeness (QED) is 0.706. The number of aliphatic hydroxyl groups is 1. The van der Waals surface area contributed by atoms with Gasteiger partial charge in [-0.25, -0.2) is 0 Å². The van der Waals surface area contributed by atoms with Gasteiger partial charge in [-0.05, 0) is 12.8 Å². The summed E-state index contributed by atoms with van der Waals surface area (Å²) in [5.41, 5.74) is 0. The Balaban J connectivity index is 1.85. The van der Waals surface area contributed by atoms with Crippen LogP contribution in [0.4, 0.5) is 0 Å². The van der Waals surface area contributed by atoms with E-state index in [2.05, 4.69) is 4.90 Å². The van der Waals surface area contributed by atoms with Gasteiger partial charge in [-0.3, -0.25) is 9.69 Å². The Bertz CT molecular complexity index is 249.